The molecule has 110 valence electrons. The van der Waals surface area contributed by atoms with Gasteiger partial charge in [-0.3, -0.25) is 5.22 Å². The summed E-state index contributed by atoms with van der Waals surface area (Å²) in [6.45, 7) is 0. The summed E-state index contributed by atoms with van der Waals surface area (Å²) in [6.07, 6.45) is 15.5. The van der Waals surface area contributed by atoms with Crippen LogP contribution in [0.5, 0.6) is 0 Å². The largest absolute Gasteiger partial charge is 0.436 e. The molecule has 8 heteroatoms. The molecular weight excluding hydrogens is 294 g/mol. The average Bonchev–Trinajstić information content (AvgIpc) is 3.06. The molecule has 0 fully saturated rings. The topological polar surface area (TPSA) is 114 Å². The Kier molecular flexibility index (Phi) is 3.93. The molecule has 0 aromatic carbocycles. The highest BCUT2D eigenvalue weighted by atomic mass is 16.3. The standard InChI is InChI=1S/C15H9N7O/c16-21-19-12-7-3-1-5-10(12)14-9-18-15(23-14)11-6-2-4-8-13(11)20-22-17/h1-9H. The summed E-state index contributed by atoms with van der Waals surface area (Å²) in [5, 5.41) is 21.5. The first kappa shape index (κ1) is 14.2. The number of diazo groups is 1. The molecule has 2 aliphatic rings. The first-order valence-electron chi connectivity index (χ1n) is 6.58. The predicted octanol–water partition coefficient (Wildman–Crippen LogP) is 1.81. The zero-order chi connectivity index (χ0) is 16.1. The number of allylic oxidation sites excluding steroid dienone is 8. The van der Waals surface area contributed by atoms with Crippen LogP contribution in [-0.2, 0) is 0 Å². The average molecular weight is 303 g/mol. The molecule has 0 atom stereocenters. The van der Waals surface area contributed by atoms with Crippen LogP contribution in [0.15, 0.2) is 74.6 Å². The lowest BCUT2D eigenvalue weighted by atomic mass is 10.1. The van der Waals surface area contributed by atoms with Crippen LogP contribution in [0.1, 0.15) is 0 Å². The highest BCUT2D eigenvalue weighted by Crippen LogP contribution is 2.10. The van der Waals surface area contributed by atoms with E-state index in [0.717, 1.165) is 0 Å². The van der Waals surface area contributed by atoms with E-state index < -0.39 is 0 Å². The first-order valence-corrected chi connectivity index (χ1v) is 6.58. The Balaban J connectivity index is 2.22. The van der Waals surface area contributed by atoms with Gasteiger partial charge >= 0.3 is 5.08 Å². The van der Waals surface area contributed by atoms with Crippen molar-refractivity contribution in [2.24, 2.45) is 15.4 Å². The maximum absolute atomic E-state index is 8.64. The van der Waals surface area contributed by atoms with Crippen LogP contribution in [0.25, 0.3) is 21.8 Å². The van der Waals surface area contributed by atoms with E-state index in [4.69, 9.17) is 15.3 Å². The Hall–Kier alpha value is -3.73. The number of hydrogen-bond acceptors (Lipinski definition) is 5. The van der Waals surface area contributed by atoms with E-state index in [-0.39, 0.29) is 0 Å². The molecule has 8 nitrogen and oxygen atoms in total. The smallest absolute Gasteiger partial charge is 0.339 e. The lowest BCUT2D eigenvalue weighted by Gasteiger charge is -2.07. The van der Waals surface area contributed by atoms with E-state index >= 15 is 0 Å². The van der Waals surface area contributed by atoms with Crippen molar-refractivity contribution in [3.05, 3.63) is 76.4 Å². The molecule has 0 aliphatic heterocycles. The third-order valence-electron chi connectivity index (χ3n) is 3.11. The summed E-state index contributed by atoms with van der Waals surface area (Å²) < 4.78 is 5.75. The van der Waals surface area contributed by atoms with Crippen molar-refractivity contribution in [3.63, 3.8) is 0 Å². The summed E-state index contributed by atoms with van der Waals surface area (Å²) in [7, 11) is 0. The third-order valence-corrected chi connectivity index (χ3v) is 3.11. The van der Waals surface area contributed by atoms with Gasteiger partial charge in [0.05, 0.1) is 11.8 Å². The number of oxazole rings is 1. The van der Waals surface area contributed by atoms with Crippen molar-refractivity contribution in [3.8, 4) is 0 Å². The van der Waals surface area contributed by atoms with Gasteiger partial charge in [-0.15, -0.1) is 0 Å². The quantitative estimate of drug-likeness (QED) is 0.447. The van der Waals surface area contributed by atoms with E-state index in [1.54, 1.807) is 42.5 Å². The van der Waals surface area contributed by atoms with Crippen molar-refractivity contribution in [2.75, 3.05) is 0 Å². The van der Waals surface area contributed by atoms with Crippen LogP contribution in [0.4, 0.5) is 0 Å². The Labute approximate surface area is 130 Å². The van der Waals surface area contributed by atoms with E-state index in [0.29, 0.717) is 33.5 Å². The summed E-state index contributed by atoms with van der Waals surface area (Å²) in [5.41, 5.74) is 11.5. The molecule has 1 heterocycles. The van der Waals surface area contributed by atoms with Crippen LogP contribution in [-0.4, -0.2) is 16.4 Å². The maximum atomic E-state index is 8.64. The van der Waals surface area contributed by atoms with Crippen molar-refractivity contribution in [1.82, 2.24) is 4.98 Å². The molecule has 0 unspecified atom stereocenters. The van der Waals surface area contributed by atoms with Crippen molar-refractivity contribution in [1.29, 1.82) is 5.39 Å². The minimum atomic E-state index is 0.318. The Bertz CT molecular complexity index is 993. The van der Waals surface area contributed by atoms with Gasteiger partial charge in [0.25, 0.3) is 5.39 Å². The molecule has 23 heavy (non-hydrogen) atoms. The van der Waals surface area contributed by atoms with Gasteiger partial charge in [-0.1, -0.05) is 30.4 Å². The van der Waals surface area contributed by atoms with Gasteiger partial charge in [-0.05, 0) is 23.9 Å². The summed E-state index contributed by atoms with van der Waals surface area (Å²) in [6, 6.07) is 0. The van der Waals surface area contributed by atoms with E-state index in [2.05, 4.69) is 25.5 Å². The lowest BCUT2D eigenvalue weighted by molar-refractivity contribution is 0.489. The predicted molar refractivity (Wildman–Crippen MR) is 84.9 cm³/mol. The highest BCUT2D eigenvalue weighted by Gasteiger charge is 2.13. The highest BCUT2D eigenvalue weighted by molar-refractivity contribution is 6.28. The molecule has 2 aliphatic carbocycles. The summed E-state index contributed by atoms with van der Waals surface area (Å²) in [5.74, 6) is 0. The molecule has 1 aromatic heterocycles. The number of aromatic nitrogens is 1. The minimum Gasteiger partial charge on any atom is -0.436 e. The number of rotatable bonds is 1. The van der Waals surface area contributed by atoms with Crippen LogP contribution >= 0.6 is 0 Å². The molecule has 1 aromatic rings. The normalized spacial score (nSPS) is 24.3. The zero-order valence-electron chi connectivity index (χ0n) is 11.7. The number of nitrogens with zero attached hydrogens (tertiary/aromatic N) is 7. The van der Waals surface area contributed by atoms with E-state index in [1.165, 1.54) is 6.20 Å². The second kappa shape index (κ2) is 6.36. The van der Waals surface area contributed by atoms with Gasteiger partial charge in [0.15, 0.2) is 16.2 Å². The molecule has 3 rings (SSSR count). The fraction of sp³-hybridized carbons (Fsp3) is 0. The molecule has 0 bridgehead atoms. The van der Waals surface area contributed by atoms with Gasteiger partial charge < -0.3 is 15.0 Å². The number of hydrogen-bond donors (Lipinski definition) is 0. The summed E-state index contributed by atoms with van der Waals surface area (Å²) >= 11 is 0. The van der Waals surface area contributed by atoms with Gasteiger partial charge in [0.1, 0.15) is 0 Å². The Morgan fingerprint density at radius 1 is 1.00 bits per heavy atom. The SMILES string of the molecule is N#[N+]N=C1C=CC=CC1=c1cnc(=C2C=CC=CC2=NN=[N-])o1. The second-order valence-corrected chi connectivity index (χ2v) is 4.44. The van der Waals surface area contributed by atoms with Gasteiger partial charge in [-0.2, -0.15) is 0 Å². The molecule has 0 saturated heterocycles. The zero-order valence-corrected chi connectivity index (χ0v) is 11.7. The van der Waals surface area contributed by atoms with Crippen LogP contribution in [0.2, 0.25) is 0 Å². The maximum Gasteiger partial charge on any atom is 0.339 e. The summed E-state index contributed by atoms with van der Waals surface area (Å²) in [4.78, 5) is 4.22. The van der Waals surface area contributed by atoms with Crippen molar-refractivity contribution in [2.45, 2.75) is 0 Å². The van der Waals surface area contributed by atoms with Gasteiger partial charge in [-0.25, -0.2) is 4.98 Å². The Morgan fingerprint density at radius 2 is 1.70 bits per heavy atom. The monoisotopic (exact) mass is 303 g/mol. The molecule has 0 N–H and O–H groups in total. The second-order valence-electron chi connectivity index (χ2n) is 4.44. The van der Waals surface area contributed by atoms with Crippen LogP contribution in [0.3, 0.4) is 0 Å². The molecule has 0 saturated carbocycles. The van der Waals surface area contributed by atoms with Crippen LogP contribution in [0, 0.1) is 5.39 Å². The molecule has 0 spiro atoms. The first-order chi connectivity index (χ1) is 11.3. The molecular formula is C15H9N7O. The van der Waals surface area contributed by atoms with E-state index in [9.17, 15) is 0 Å². The van der Waals surface area contributed by atoms with Crippen molar-refractivity contribution < 1.29 is 4.42 Å². The molecule has 0 amide bonds. The van der Waals surface area contributed by atoms with Gasteiger partial charge in [0, 0.05) is 5.57 Å². The van der Waals surface area contributed by atoms with E-state index in [1.807, 2.05) is 6.08 Å². The van der Waals surface area contributed by atoms with Crippen molar-refractivity contribution >= 4 is 22.6 Å². The lowest BCUT2D eigenvalue weighted by Crippen LogP contribution is -2.15. The minimum absolute atomic E-state index is 0.318. The Morgan fingerprint density at radius 3 is 2.43 bits per heavy atom. The fourth-order valence-electron chi connectivity index (χ4n) is 2.13. The third kappa shape index (κ3) is 2.84. The molecule has 0 radical (unpaired) electrons. The fourth-order valence-corrected chi connectivity index (χ4v) is 2.13. The van der Waals surface area contributed by atoms with Crippen LogP contribution < -0.4 is 11.0 Å². The van der Waals surface area contributed by atoms with Gasteiger partial charge in [0.2, 0.25) is 5.55 Å².